The highest BCUT2D eigenvalue weighted by Gasteiger charge is 2.43. The molecule has 8 nitrogen and oxygen atoms in total. The molecule has 190 valence electrons. The molecule has 1 aliphatic heterocycles. The Hall–Kier alpha value is -3.98. The van der Waals surface area contributed by atoms with Gasteiger partial charge in [0.15, 0.2) is 0 Å². The number of fused-ring (bicyclic) bond motifs is 1. The number of ether oxygens (including phenoxy) is 2. The number of imidazole rings is 1. The predicted octanol–water partition coefficient (Wildman–Crippen LogP) is 5.29. The Morgan fingerprint density at radius 1 is 0.973 bits per heavy atom. The number of nitrogens with zero attached hydrogens (tertiary/aromatic N) is 3. The summed E-state index contributed by atoms with van der Waals surface area (Å²) in [5, 5.41) is 2.06. The first-order valence-electron chi connectivity index (χ1n) is 11.9. The highest BCUT2D eigenvalue weighted by atomic mass is 32.2. The van der Waals surface area contributed by atoms with Crippen molar-refractivity contribution >= 4 is 39.6 Å². The molecule has 0 bridgehead atoms. The van der Waals surface area contributed by atoms with E-state index in [0.717, 1.165) is 51.4 Å². The number of thioether (sulfide) groups is 1. The Morgan fingerprint density at radius 2 is 1.65 bits per heavy atom. The summed E-state index contributed by atoms with van der Waals surface area (Å²) in [6.45, 7) is 2.09. The molecule has 4 aromatic rings. The van der Waals surface area contributed by atoms with Gasteiger partial charge in [0.1, 0.15) is 34.4 Å². The number of rotatable bonds is 8. The van der Waals surface area contributed by atoms with E-state index in [0.29, 0.717) is 18.8 Å². The van der Waals surface area contributed by atoms with E-state index in [2.05, 4.69) is 5.32 Å². The second kappa shape index (κ2) is 9.82. The molecule has 1 aromatic heterocycles. The summed E-state index contributed by atoms with van der Waals surface area (Å²) in [7, 11) is 5.97. The minimum atomic E-state index is -0.787. The van der Waals surface area contributed by atoms with Gasteiger partial charge in [-0.1, -0.05) is 12.1 Å². The number of aryl methyl sites for hydroxylation is 1. The molecule has 1 N–H and O–H groups in total. The van der Waals surface area contributed by atoms with Gasteiger partial charge >= 0.3 is 0 Å². The number of anilines is 1. The number of hydrogen-bond donors (Lipinski definition) is 1. The van der Waals surface area contributed by atoms with Crippen molar-refractivity contribution in [2.45, 2.75) is 24.7 Å². The lowest BCUT2D eigenvalue weighted by Crippen LogP contribution is -2.35. The second-order valence-corrected chi connectivity index (χ2v) is 10.9. The SMILES string of the molecule is CN(C)c1ccc(Oc2ccc3nc(COc4ccc(CC5(C)SC(=O)NC5=O)cc4)n(C)c3c2)cc1. The van der Waals surface area contributed by atoms with Crippen LogP contribution in [0.1, 0.15) is 18.3 Å². The zero-order valence-electron chi connectivity index (χ0n) is 21.1. The van der Waals surface area contributed by atoms with E-state index in [1.54, 1.807) is 6.92 Å². The minimum Gasteiger partial charge on any atom is -0.486 e. The van der Waals surface area contributed by atoms with Crippen molar-refractivity contribution in [3.63, 3.8) is 0 Å². The van der Waals surface area contributed by atoms with Gasteiger partial charge < -0.3 is 18.9 Å². The number of amides is 2. The van der Waals surface area contributed by atoms with Gasteiger partial charge in [-0.25, -0.2) is 4.98 Å². The van der Waals surface area contributed by atoms with Crippen molar-refractivity contribution in [3.8, 4) is 17.2 Å². The van der Waals surface area contributed by atoms with Crippen LogP contribution in [0.3, 0.4) is 0 Å². The fourth-order valence-corrected chi connectivity index (χ4v) is 5.15. The lowest BCUT2D eigenvalue weighted by atomic mass is 9.99. The van der Waals surface area contributed by atoms with Crippen LogP contribution in [-0.4, -0.2) is 39.5 Å². The van der Waals surface area contributed by atoms with Crippen molar-refractivity contribution in [2.24, 2.45) is 7.05 Å². The molecule has 1 aliphatic rings. The fraction of sp³-hybridized carbons (Fsp3) is 0.250. The Kier molecular flexibility index (Phi) is 6.55. The largest absolute Gasteiger partial charge is 0.486 e. The second-order valence-electron chi connectivity index (χ2n) is 9.41. The Morgan fingerprint density at radius 3 is 2.30 bits per heavy atom. The van der Waals surface area contributed by atoms with Crippen molar-refractivity contribution in [2.75, 3.05) is 19.0 Å². The average Bonchev–Trinajstić information content (AvgIpc) is 3.32. The molecule has 0 saturated carbocycles. The molecule has 5 rings (SSSR count). The Balaban J connectivity index is 1.24. The first kappa shape index (κ1) is 24.7. The van der Waals surface area contributed by atoms with Gasteiger partial charge in [-0.2, -0.15) is 0 Å². The van der Waals surface area contributed by atoms with Gasteiger partial charge in [0.05, 0.1) is 11.0 Å². The molecule has 1 saturated heterocycles. The summed E-state index contributed by atoms with van der Waals surface area (Å²) in [4.78, 5) is 30.4. The lowest BCUT2D eigenvalue weighted by molar-refractivity contribution is -0.121. The van der Waals surface area contributed by atoms with E-state index in [-0.39, 0.29) is 11.1 Å². The van der Waals surface area contributed by atoms with Gasteiger partial charge in [0, 0.05) is 32.9 Å². The van der Waals surface area contributed by atoms with Crippen LogP contribution < -0.4 is 19.7 Å². The number of carbonyl (C=O) groups excluding carboxylic acids is 2. The average molecular weight is 517 g/mol. The molecule has 0 aliphatic carbocycles. The Labute approximate surface area is 219 Å². The van der Waals surface area contributed by atoms with Crippen LogP contribution in [0.4, 0.5) is 10.5 Å². The summed E-state index contributed by atoms with van der Waals surface area (Å²) in [6, 6.07) is 21.3. The van der Waals surface area contributed by atoms with Crippen LogP contribution in [0.15, 0.2) is 66.7 Å². The molecule has 1 unspecified atom stereocenters. The Bertz CT molecular complexity index is 1460. The van der Waals surface area contributed by atoms with E-state index in [4.69, 9.17) is 14.5 Å². The van der Waals surface area contributed by atoms with Crippen molar-refractivity contribution in [3.05, 3.63) is 78.1 Å². The normalized spacial score (nSPS) is 17.2. The maximum absolute atomic E-state index is 12.1. The van der Waals surface area contributed by atoms with Gasteiger partial charge in [-0.05, 0) is 79.2 Å². The summed E-state index contributed by atoms with van der Waals surface area (Å²) in [6.07, 6.45) is 0.463. The number of hydrogen-bond acceptors (Lipinski definition) is 7. The molecule has 2 amide bonds. The van der Waals surface area contributed by atoms with Crippen LogP contribution in [0.5, 0.6) is 17.2 Å². The molecular weight excluding hydrogens is 488 g/mol. The summed E-state index contributed by atoms with van der Waals surface area (Å²) in [5.41, 5.74) is 3.88. The van der Waals surface area contributed by atoms with E-state index >= 15 is 0 Å². The summed E-state index contributed by atoms with van der Waals surface area (Å²) in [5.74, 6) is 2.75. The van der Waals surface area contributed by atoms with E-state index < -0.39 is 4.75 Å². The lowest BCUT2D eigenvalue weighted by Gasteiger charge is -2.18. The van der Waals surface area contributed by atoms with Crippen LogP contribution in [0.25, 0.3) is 11.0 Å². The first-order chi connectivity index (χ1) is 17.7. The molecule has 0 spiro atoms. The number of imide groups is 1. The zero-order chi connectivity index (χ0) is 26.2. The monoisotopic (exact) mass is 516 g/mol. The number of aromatic nitrogens is 2. The standard InChI is InChI=1S/C28H28N4O4S/c1-28(26(33)30-27(34)37-28)16-18-5-9-20(10-6-18)35-17-25-29-23-14-13-22(15-24(23)32(25)4)36-21-11-7-19(8-12-21)31(2)3/h5-15H,16-17H2,1-4H3,(H,30,33,34). The number of nitrogens with one attached hydrogen (secondary N) is 1. The smallest absolute Gasteiger partial charge is 0.286 e. The van der Waals surface area contributed by atoms with E-state index in [9.17, 15) is 9.59 Å². The molecule has 37 heavy (non-hydrogen) atoms. The number of carbonyl (C=O) groups is 2. The maximum atomic E-state index is 12.1. The summed E-state index contributed by atoms with van der Waals surface area (Å²) < 4.78 is 13.3. The summed E-state index contributed by atoms with van der Waals surface area (Å²) >= 11 is 1.04. The van der Waals surface area contributed by atoms with Crippen LogP contribution in [-0.2, 0) is 24.9 Å². The maximum Gasteiger partial charge on any atom is 0.286 e. The topological polar surface area (TPSA) is 85.7 Å². The van der Waals surface area contributed by atoms with Crippen molar-refractivity contribution in [1.82, 2.24) is 14.9 Å². The van der Waals surface area contributed by atoms with Gasteiger partial charge in [0.25, 0.3) is 5.24 Å². The molecule has 1 fully saturated rings. The molecule has 1 atom stereocenters. The van der Waals surface area contributed by atoms with Crippen LogP contribution in [0, 0.1) is 0 Å². The zero-order valence-corrected chi connectivity index (χ0v) is 22.0. The molecule has 3 aromatic carbocycles. The highest BCUT2D eigenvalue weighted by Crippen LogP contribution is 2.35. The molecular formula is C28H28N4O4S. The molecule has 9 heteroatoms. The minimum absolute atomic E-state index is 0.250. The van der Waals surface area contributed by atoms with Crippen LogP contribution >= 0.6 is 11.8 Å². The van der Waals surface area contributed by atoms with Crippen LogP contribution in [0.2, 0.25) is 0 Å². The number of benzene rings is 3. The quantitative estimate of drug-likeness (QED) is 0.340. The van der Waals surface area contributed by atoms with E-state index in [1.807, 2.05) is 97.3 Å². The van der Waals surface area contributed by atoms with Gasteiger partial charge in [-0.15, -0.1) is 0 Å². The van der Waals surface area contributed by atoms with Crippen molar-refractivity contribution in [1.29, 1.82) is 0 Å². The van der Waals surface area contributed by atoms with Crippen molar-refractivity contribution < 1.29 is 19.1 Å². The third-order valence-corrected chi connectivity index (χ3v) is 7.45. The van der Waals surface area contributed by atoms with Gasteiger partial charge in [0.2, 0.25) is 5.91 Å². The third kappa shape index (κ3) is 5.27. The van der Waals surface area contributed by atoms with Gasteiger partial charge in [-0.3, -0.25) is 14.9 Å². The third-order valence-electron chi connectivity index (χ3n) is 6.38. The molecule has 0 radical (unpaired) electrons. The highest BCUT2D eigenvalue weighted by molar-refractivity contribution is 8.16. The van der Waals surface area contributed by atoms with E-state index in [1.165, 1.54) is 0 Å². The first-order valence-corrected chi connectivity index (χ1v) is 12.7. The molecule has 2 heterocycles. The predicted molar refractivity (Wildman–Crippen MR) is 146 cm³/mol. The fourth-order valence-electron chi connectivity index (χ4n) is 4.22.